The summed E-state index contributed by atoms with van der Waals surface area (Å²) in [6, 6.07) is 19.7. The number of hydrogen-bond acceptors (Lipinski definition) is 5. The van der Waals surface area contributed by atoms with Crippen LogP contribution in [0.25, 0.3) is 21.6 Å². The van der Waals surface area contributed by atoms with Crippen LogP contribution in [0.5, 0.6) is 0 Å². The van der Waals surface area contributed by atoms with Gasteiger partial charge >= 0.3 is 0 Å². The average molecular weight is 406 g/mol. The van der Waals surface area contributed by atoms with E-state index in [0.29, 0.717) is 5.82 Å². The van der Waals surface area contributed by atoms with Gasteiger partial charge in [0.1, 0.15) is 5.03 Å². The summed E-state index contributed by atoms with van der Waals surface area (Å²) in [5.74, 6) is 0.655. The molecule has 1 amide bonds. The first-order chi connectivity index (χ1) is 13.6. The summed E-state index contributed by atoms with van der Waals surface area (Å²) >= 11 is 3.07. The number of benzene rings is 2. The van der Waals surface area contributed by atoms with Crippen molar-refractivity contribution < 1.29 is 4.79 Å². The lowest BCUT2D eigenvalue weighted by Crippen LogP contribution is -2.23. The van der Waals surface area contributed by atoms with Gasteiger partial charge in [0, 0.05) is 11.1 Å². The molecule has 2 aromatic heterocycles. The van der Waals surface area contributed by atoms with E-state index >= 15 is 0 Å². The highest BCUT2D eigenvalue weighted by atomic mass is 32.2. The Balaban J connectivity index is 1.63. The topological polar surface area (TPSA) is 54.9 Å². The molecule has 0 spiro atoms. The van der Waals surface area contributed by atoms with Gasteiger partial charge in [0.05, 0.1) is 15.6 Å². The maximum absolute atomic E-state index is 12.7. The summed E-state index contributed by atoms with van der Waals surface area (Å²) in [5.41, 5.74) is 2.77. The Labute approximate surface area is 172 Å². The van der Waals surface area contributed by atoms with Gasteiger partial charge in [-0.15, -0.1) is 11.3 Å². The summed E-state index contributed by atoms with van der Waals surface area (Å²) in [6.45, 7) is 3.89. The molecule has 0 bridgehead atoms. The van der Waals surface area contributed by atoms with Crippen LogP contribution in [-0.2, 0) is 4.79 Å². The number of nitrogens with zero attached hydrogens (tertiary/aromatic N) is 2. The Kier molecular flexibility index (Phi) is 5.41. The third-order valence-corrected chi connectivity index (χ3v) is 6.34. The first kappa shape index (κ1) is 18.7. The molecule has 1 N–H and O–H groups in total. The number of aryl methyl sites for hydroxylation is 1. The highest BCUT2D eigenvalue weighted by Crippen LogP contribution is 2.32. The fraction of sp³-hybridized carbons (Fsp3) is 0.136. The molecule has 1 atom stereocenters. The molecule has 6 heteroatoms. The predicted molar refractivity (Wildman–Crippen MR) is 118 cm³/mol. The van der Waals surface area contributed by atoms with Gasteiger partial charge < -0.3 is 5.32 Å². The van der Waals surface area contributed by atoms with Crippen molar-refractivity contribution in [3.05, 3.63) is 71.6 Å². The number of fused-ring (bicyclic) bond motifs is 1. The molecule has 0 aliphatic carbocycles. The van der Waals surface area contributed by atoms with E-state index in [1.165, 1.54) is 11.8 Å². The Bertz CT molecular complexity index is 1130. The SMILES string of the molecule is Cc1ccccc1NC(=O)C(C)Sc1nc(-c2cccs2)nc2ccccc12. The van der Waals surface area contributed by atoms with E-state index in [-0.39, 0.29) is 11.2 Å². The van der Waals surface area contributed by atoms with Gasteiger partial charge in [-0.25, -0.2) is 9.97 Å². The molecule has 140 valence electrons. The molecule has 28 heavy (non-hydrogen) atoms. The van der Waals surface area contributed by atoms with Gasteiger partial charge in [0.25, 0.3) is 0 Å². The van der Waals surface area contributed by atoms with E-state index in [1.54, 1.807) is 11.3 Å². The van der Waals surface area contributed by atoms with Crippen molar-refractivity contribution in [2.24, 2.45) is 0 Å². The van der Waals surface area contributed by atoms with Gasteiger partial charge in [-0.05, 0) is 43.0 Å². The third-order valence-electron chi connectivity index (χ3n) is 4.37. The minimum Gasteiger partial charge on any atom is -0.325 e. The lowest BCUT2D eigenvalue weighted by atomic mass is 10.2. The number of carbonyl (C=O) groups is 1. The maximum atomic E-state index is 12.7. The van der Waals surface area contributed by atoms with Crippen LogP contribution in [0.3, 0.4) is 0 Å². The number of nitrogens with one attached hydrogen (secondary N) is 1. The number of aromatic nitrogens is 2. The molecular weight excluding hydrogens is 386 g/mol. The first-order valence-electron chi connectivity index (χ1n) is 8.95. The Morgan fingerprint density at radius 2 is 1.82 bits per heavy atom. The van der Waals surface area contributed by atoms with Crippen LogP contribution < -0.4 is 5.32 Å². The average Bonchev–Trinajstić information content (AvgIpc) is 3.24. The second-order valence-electron chi connectivity index (χ2n) is 6.41. The summed E-state index contributed by atoms with van der Waals surface area (Å²) in [4.78, 5) is 23.2. The minimum absolute atomic E-state index is 0.0420. The number of carbonyl (C=O) groups excluding carboxylic acids is 1. The molecular formula is C22H19N3OS2. The van der Waals surface area contributed by atoms with Crippen molar-refractivity contribution in [1.29, 1.82) is 0 Å². The fourth-order valence-corrected chi connectivity index (χ4v) is 4.42. The van der Waals surface area contributed by atoms with Gasteiger partial charge in [-0.2, -0.15) is 0 Å². The predicted octanol–water partition coefficient (Wildman–Crippen LogP) is 5.79. The van der Waals surface area contributed by atoms with E-state index in [2.05, 4.69) is 5.32 Å². The zero-order chi connectivity index (χ0) is 19.5. The van der Waals surface area contributed by atoms with Crippen LogP contribution in [0.4, 0.5) is 5.69 Å². The van der Waals surface area contributed by atoms with E-state index in [9.17, 15) is 4.79 Å². The summed E-state index contributed by atoms with van der Waals surface area (Å²) in [7, 11) is 0. The minimum atomic E-state index is -0.297. The maximum Gasteiger partial charge on any atom is 0.237 e. The molecule has 4 rings (SSSR count). The molecule has 2 aromatic carbocycles. The second kappa shape index (κ2) is 8.12. The zero-order valence-electron chi connectivity index (χ0n) is 15.5. The highest BCUT2D eigenvalue weighted by Gasteiger charge is 2.19. The second-order valence-corrected chi connectivity index (χ2v) is 8.69. The van der Waals surface area contributed by atoms with Crippen LogP contribution in [0.15, 0.2) is 71.1 Å². The summed E-state index contributed by atoms with van der Waals surface area (Å²) in [6.07, 6.45) is 0. The lowest BCUT2D eigenvalue weighted by molar-refractivity contribution is -0.115. The van der Waals surface area contributed by atoms with Crippen molar-refractivity contribution in [3.63, 3.8) is 0 Å². The van der Waals surface area contributed by atoms with Crippen molar-refractivity contribution in [1.82, 2.24) is 9.97 Å². The number of amides is 1. The molecule has 4 nitrogen and oxygen atoms in total. The van der Waals surface area contributed by atoms with Crippen LogP contribution >= 0.6 is 23.1 Å². The Hall–Kier alpha value is -2.70. The van der Waals surface area contributed by atoms with Crippen molar-refractivity contribution in [2.45, 2.75) is 24.1 Å². The molecule has 0 saturated heterocycles. The fourth-order valence-electron chi connectivity index (χ4n) is 2.82. The van der Waals surface area contributed by atoms with E-state index < -0.39 is 0 Å². The highest BCUT2D eigenvalue weighted by molar-refractivity contribution is 8.00. The first-order valence-corrected chi connectivity index (χ1v) is 10.7. The van der Waals surface area contributed by atoms with Crippen molar-refractivity contribution in [2.75, 3.05) is 5.32 Å². The van der Waals surface area contributed by atoms with E-state index in [1.807, 2.05) is 79.9 Å². The standard InChI is InChI=1S/C22H19N3OS2/c1-14-8-3-5-10-17(14)24-21(26)15(2)28-22-16-9-4-6-11-18(16)23-20(25-22)19-12-7-13-27-19/h3-13,15H,1-2H3,(H,24,26). The monoisotopic (exact) mass is 405 g/mol. The summed E-state index contributed by atoms with van der Waals surface area (Å²) < 4.78 is 0. The number of anilines is 1. The Morgan fingerprint density at radius 3 is 2.61 bits per heavy atom. The van der Waals surface area contributed by atoms with E-state index in [0.717, 1.165) is 32.1 Å². The van der Waals surface area contributed by atoms with Gasteiger partial charge in [0.2, 0.25) is 5.91 Å². The number of thiophene rings is 1. The van der Waals surface area contributed by atoms with E-state index in [4.69, 9.17) is 9.97 Å². The molecule has 0 aliphatic heterocycles. The van der Waals surface area contributed by atoms with Crippen LogP contribution in [-0.4, -0.2) is 21.1 Å². The van der Waals surface area contributed by atoms with Crippen LogP contribution in [0.1, 0.15) is 12.5 Å². The molecule has 0 saturated carbocycles. The van der Waals surface area contributed by atoms with Crippen LogP contribution in [0.2, 0.25) is 0 Å². The normalized spacial score (nSPS) is 12.1. The van der Waals surface area contributed by atoms with Crippen molar-refractivity contribution >= 4 is 45.6 Å². The smallest absolute Gasteiger partial charge is 0.237 e. The summed E-state index contributed by atoms with van der Waals surface area (Å²) in [5, 5.41) is 6.52. The molecule has 4 aromatic rings. The Morgan fingerprint density at radius 1 is 1.04 bits per heavy atom. The number of hydrogen-bond donors (Lipinski definition) is 1. The number of para-hydroxylation sites is 2. The zero-order valence-corrected chi connectivity index (χ0v) is 17.2. The molecule has 2 heterocycles. The third kappa shape index (κ3) is 3.93. The lowest BCUT2D eigenvalue weighted by Gasteiger charge is -2.14. The molecule has 0 radical (unpaired) electrons. The molecule has 0 aliphatic rings. The van der Waals surface area contributed by atoms with Crippen molar-refractivity contribution in [3.8, 4) is 10.7 Å². The molecule has 1 unspecified atom stereocenters. The van der Waals surface area contributed by atoms with Crippen LogP contribution in [0, 0.1) is 6.92 Å². The van der Waals surface area contributed by atoms with Gasteiger partial charge in [-0.1, -0.05) is 54.2 Å². The van der Waals surface area contributed by atoms with Gasteiger partial charge in [-0.3, -0.25) is 4.79 Å². The number of rotatable bonds is 5. The number of thioether (sulfide) groups is 1. The van der Waals surface area contributed by atoms with Gasteiger partial charge in [0.15, 0.2) is 5.82 Å². The largest absolute Gasteiger partial charge is 0.325 e. The molecule has 0 fully saturated rings. The quantitative estimate of drug-likeness (QED) is 0.337.